The molecular formula is C13H15Cl2NO2. The smallest absolute Gasteiger partial charge is 0.260 e. The Morgan fingerprint density at radius 1 is 1.39 bits per heavy atom. The molecule has 1 fully saturated rings. The summed E-state index contributed by atoms with van der Waals surface area (Å²) in [6, 6.07) is 6.96. The second-order valence-corrected chi connectivity index (χ2v) is 5.38. The number of piperidine rings is 1. The van der Waals surface area contributed by atoms with Crippen LogP contribution in [0.25, 0.3) is 0 Å². The number of amides is 1. The van der Waals surface area contributed by atoms with Crippen molar-refractivity contribution in [1.82, 2.24) is 4.90 Å². The van der Waals surface area contributed by atoms with E-state index in [0.717, 1.165) is 19.4 Å². The lowest BCUT2D eigenvalue weighted by Crippen LogP contribution is -2.42. The van der Waals surface area contributed by atoms with Crippen LogP contribution in [0.5, 0.6) is 5.75 Å². The van der Waals surface area contributed by atoms with Crippen LogP contribution in [0.2, 0.25) is 5.02 Å². The van der Waals surface area contributed by atoms with Crippen molar-refractivity contribution in [3.05, 3.63) is 29.3 Å². The fourth-order valence-corrected chi connectivity index (χ4v) is 2.37. The van der Waals surface area contributed by atoms with E-state index in [0.29, 0.717) is 17.3 Å². The highest BCUT2D eigenvalue weighted by atomic mass is 35.5. The van der Waals surface area contributed by atoms with Crippen molar-refractivity contribution in [2.45, 2.75) is 18.2 Å². The Balaban J connectivity index is 1.82. The van der Waals surface area contributed by atoms with Crippen molar-refractivity contribution in [2.24, 2.45) is 0 Å². The number of nitrogens with zero attached hydrogens (tertiary/aromatic N) is 1. The minimum atomic E-state index is -0.0182. The van der Waals surface area contributed by atoms with Gasteiger partial charge in [-0.2, -0.15) is 0 Å². The first-order valence-corrected chi connectivity index (χ1v) is 6.77. The van der Waals surface area contributed by atoms with E-state index in [1.807, 2.05) is 0 Å². The molecule has 0 radical (unpaired) electrons. The molecule has 0 N–H and O–H groups in total. The standard InChI is InChI=1S/C13H15Cl2NO2/c14-10-3-5-12(6-4-10)18-9-13(17)16-7-1-2-11(15)8-16/h3-6,11H,1-2,7-9H2. The third-order valence-corrected chi connectivity index (χ3v) is 3.50. The third-order valence-electron chi connectivity index (χ3n) is 2.89. The van der Waals surface area contributed by atoms with Crippen LogP contribution in [0, 0.1) is 0 Å². The Morgan fingerprint density at radius 3 is 2.78 bits per heavy atom. The van der Waals surface area contributed by atoms with E-state index in [4.69, 9.17) is 27.9 Å². The number of ether oxygens (including phenoxy) is 1. The Hall–Kier alpha value is -0.930. The summed E-state index contributed by atoms with van der Waals surface area (Å²) >= 11 is 11.8. The highest BCUT2D eigenvalue weighted by Gasteiger charge is 2.22. The van der Waals surface area contributed by atoms with Gasteiger partial charge < -0.3 is 9.64 Å². The van der Waals surface area contributed by atoms with Crippen LogP contribution in [0.15, 0.2) is 24.3 Å². The van der Waals surface area contributed by atoms with Gasteiger partial charge in [0.2, 0.25) is 0 Å². The molecule has 18 heavy (non-hydrogen) atoms. The van der Waals surface area contributed by atoms with Crippen LogP contribution >= 0.6 is 23.2 Å². The van der Waals surface area contributed by atoms with Crippen LogP contribution in [0.1, 0.15) is 12.8 Å². The van der Waals surface area contributed by atoms with Crippen molar-refractivity contribution in [3.8, 4) is 5.75 Å². The van der Waals surface area contributed by atoms with Crippen molar-refractivity contribution < 1.29 is 9.53 Å². The predicted octanol–water partition coefficient (Wildman–Crippen LogP) is 2.95. The number of rotatable bonds is 3. The molecule has 0 bridgehead atoms. The molecule has 3 nitrogen and oxygen atoms in total. The molecule has 1 aromatic carbocycles. The third kappa shape index (κ3) is 3.79. The lowest BCUT2D eigenvalue weighted by atomic mass is 10.1. The van der Waals surface area contributed by atoms with Gasteiger partial charge in [0, 0.05) is 18.1 Å². The van der Waals surface area contributed by atoms with Gasteiger partial charge >= 0.3 is 0 Å². The van der Waals surface area contributed by atoms with E-state index in [1.54, 1.807) is 29.2 Å². The van der Waals surface area contributed by atoms with Gasteiger partial charge in [-0.1, -0.05) is 11.6 Å². The molecule has 1 aliphatic rings. The van der Waals surface area contributed by atoms with Gasteiger partial charge in [0.1, 0.15) is 5.75 Å². The molecule has 0 aromatic heterocycles. The van der Waals surface area contributed by atoms with E-state index in [1.165, 1.54) is 0 Å². The first-order valence-electron chi connectivity index (χ1n) is 5.95. The highest BCUT2D eigenvalue weighted by Crippen LogP contribution is 2.17. The van der Waals surface area contributed by atoms with E-state index in [2.05, 4.69) is 0 Å². The maximum absolute atomic E-state index is 11.9. The summed E-state index contributed by atoms with van der Waals surface area (Å²) in [5.41, 5.74) is 0. The Labute approximate surface area is 117 Å². The zero-order chi connectivity index (χ0) is 13.0. The number of alkyl halides is 1. The summed E-state index contributed by atoms with van der Waals surface area (Å²) in [6.07, 6.45) is 1.93. The number of benzene rings is 1. The molecule has 1 unspecified atom stereocenters. The molecule has 98 valence electrons. The first kappa shape index (κ1) is 13.5. The molecule has 0 saturated carbocycles. The second-order valence-electron chi connectivity index (χ2n) is 4.32. The largest absolute Gasteiger partial charge is 0.484 e. The van der Waals surface area contributed by atoms with E-state index >= 15 is 0 Å². The molecule has 0 aliphatic carbocycles. The summed E-state index contributed by atoms with van der Waals surface area (Å²) in [6.45, 7) is 1.43. The van der Waals surface area contributed by atoms with Crippen molar-refractivity contribution >= 4 is 29.1 Å². The molecule has 1 aromatic rings. The average molecular weight is 288 g/mol. The highest BCUT2D eigenvalue weighted by molar-refractivity contribution is 6.30. The van der Waals surface area contributed by atoms with E-state index < -0.39 is 0 Å². The maximum Gasteiger partial charge on any atom is 0.260 e. The SMILES string of the molecule is O=C(COc1ccc(Cl)cc1)N1CCCC(Cl)C1. The quantitative estimate of drug-likeness (QED) is 0.800. The van der Waals surface area contributed by atoms with Gasteiger partial charge in [0.15, 0.2) is 6.61 Å². The molecule has 1 amide bonds. The summed E-state index contributed by atoms with van der Waals surface area (Å²) in [4.78, 5) is 13.7. The fourth-order valence-electron chi connectivity index (χ4n) is 1.92. The molecule has 1 heterocycles. The minimum Gasteiger partial charge on any atom is -0.484 e. The minimum absolute atomic E-state index is 0.0182. The second kappa shape index (κ2) is 6.30. The van der Waals surface area contributed by atoms with Crippen molar-refractivity contribution in [2.75, 3.05) is 19.7 Å². The number of likely N-dealkylation sites (tertiary alicyclic amines) is 1. The molecule has 5 heteroatoms. The van der Waals surface area contributed by atoms with Crippen LogP contribution < -0.4 is 4.74 Å². The number of hydrogen-bond donors (Lipinski definition) is 0. The first-order chi connectivity index (χ1) is 8.65. The van der Waals surface area contributed by atoms with E-state index in [-0.39, 0.29) is 17.9 Å². The van der Waals surface area contributed by atoms with Crippen molar-refractivity contribution in [1.29, 1.82) is 0 Å². The number of halogens is 2. The fraction of sp³-hybridized carbons (Fsp3) is 0.462. The zero-order valence-corrected chi connectivity index (χ0v) is 11.5. The Morgan fingerprint density at radius 2 is 2.11 bits per heavy atom. The van der Waals surface area contributed by atoms with Gasteiger partial charge in [-0.15, -0.1) is 11.6 Å². The zero-order valence-electron chi connectivity index (χ0n) is 9.94. The van der Waals surface area contributed by atoms with Crippen LogP contribution in [0.3, 0.4) is 0 Å². The normalized spacial score (nSPS) is 19.7. The summed E-state index contributed by atoms with van der Waals surface area (Å²) in [7, 11) is 0. The van der Waals surface area contributed by atoms with Crippen LogP contribution in [-0.2, 0) is 4.79 Å². The van der Waals surface area contributed by atoms with E-state index in [9.17, 15) is 4.79 Å². The Bertz CT molecular complexity index is 408. The van der Waals surface area contributed by atoms with Gasteiger partial charge in [-0.05, 0) is 37.1 Å². The monoisotopic (exact) mass is 287 g/mol. The lowest BCUT2D eigenvalue weighted by Gasteiger charge is -2.29. The van der Waals surface area contributed by atoms with Crippen LogP contribution in [-0.4, -0.2) is 35.9 Å². The summed E-state index contributed by atoms with van der Waals surface area (Å²) < 4.78 is 5.42. The number of hydrogen-bond acceptors (Lipinski definition) is 2. The molecule has 1 aliphatic heterocycles. The van der Waals surface area contributed by atoms with Crippen LogP contribution in [0.4, 0.5) is 0 Å². The molecule has 1 saturated heterocycles. The Kier molecular flexibility index (Phi) is 4.72. The maximum atomic E-state index is 11.9. The van der Waals surface area contributed by atoms with Gasteiger partial charge in [-0.25, -0.2) is 0 Å². The topological polar surface area (TPSA) is 29.5 Å². The molecule has 2 rings (SSSR count). The summed E-state index contributed by atoms with van der Waals surface area (Å²) in [5, 5.41) is 0.716. The summed E-state index contributed by atoms with van der Waals surface area (Å²) in [5.74, 6) is 0.627. The van der Waals surface area contributed by atoms with Gasteiger partial charge in [-0.3, -0.25) is 4.79 Å². The number of carbonyl (C=O) groups excluding carboxylic acids is 1. The average Bonchev–Trinajstić information content (AvgIpc) is 2.38. The number of carbonyl (C=O) groups is 1. The van der Waals surface area contributed by atoms with Gasteiger partial charge in [0.25, 0.3) is 5.91 Å². The predicted molar refractivity (Wildman–Crippen MR) is 72.4 cm³/mol. The molecular weight excluding hydrogens is 273 g/mol. The lowest BCUT2D eigenvalue weighted by molar-refractivity contribution is -0.134. The van der Waals surface area contributed by atoms with Gasteiger partial charge in [0.05, 0.1) is 5.38 Å². The molecule has 1 atom stereocenters. The van der Waals surface area contributed by atoms with Crippen molar-refractivity contribution in [3.63, 3.8) is 0 Å². The molecule has 0 spiro atoms.